The molecule has 4 rings (SSSR count). The lowest BCUT2D eigenvalue weighted by Crippen LogP contribution is -2.30. The van der Waals surface area contributed by atoms with Gasteiger partial charge in [0.15, 0.2) is 6.61 Å². The molecule has 0 fully saturated rings. The van der Waals surface area contributed by atoms with Crippen LogP contribution in [0.3, 0.4) is 0 Å². The number of hydrogen-bond donors (Lipinski definition) is 1. The highest BCUT2D eigenvalue weighted by Crippen LogP contribution is 2.22. The van der Waals surface area contributed by atoms with Gasteiger partial charge in [-0.2, -0.15) is 0 Å². The van der Waals surface area contributed by atoms with Gasteiger partial charge in [0, 0.05) is 42.7 Å². The zero-order valence-electron chi connectivity index (χ0n) is 17.7. The first-order chi connectivity index (χ1) is 15.8. The number of para-hydroxylation sites is 1. The van der Waals surface area contributed by atoms with Crippen molar-refractivity contribution in [3.63, 3.8) is 0 Å². The van der Waals surface area contributed by atoms with Gasteiger partial charge in [0.2, 0.25) is 0 Å². The van der Waals surface area contributed by atoms with Crippen molar-refractivity contribution in [1.82, 2.24) is 15.3 Å². The van der Waals surface area contributed by atoms with Crippen LogP contribution < -0.4 is 10.1 Å². The van der Waals surface area contributed by atoms with E-state index in [4.69, 9.17) is 4.74 Å². The number of thiazole rings is 1. The summed E-state index contributed by atoms with van der Waals surface area (Å²) in [5, 5.41) is 6.06. The van der Waals surface area contributed by atoms with E-state index in [0.29, 0.717) is 6.54 Å². The number of carbonyl (C=O) groups excluding carboxylic acids is 1. The van der Waals surface area contributed by atoms with Crippen molar-refractivity contribution >= 4 is 17.2 Å². The van der Waals surface area contributed by atoms with Crippen LogP contribution in [0.5, 0.6) is 5.75 Å². The lowest BCUT2D eigenvalue weighted by Gasteiger charge is -2.12. The molecule has 2 aromatic heterocycles. The maximum atomic E-state index is 12.2. The lowest BCUT2D eigenvalue weighted by atomic mass is 10.0. The monoisotopic (exact) mass is 443 g/mol. The third kappa shape index (κ3) is 6.25. The van der Waals surface area contributed by atoms with Gasteiger partial charge < -0.3 is 10.1 Å². The quantitative estimate of drug-likeness (QED) is 0.353. The molecule has 0 bridgehead atoms. The molecule has 0 unspecified atom stereocenters. The van der Waals surface area contributed by atoms with E-state index in [1.165, 1.54) is 5.56 Å². The van der Waals surface area contributed by atoms with Crippen LogP contribution in [0.1, 0.15) is 22.6 Å². The number of carbonyl (C=O) groups is 1. The number of hydrogen-bond acceptors (Lipinski definition) is 5. The molecule has 5 nitrogen and oxygen atoms in total. The highest BCUT2D eigenvalue weighted by Gasteiger charge is 2.08. The van der Waals surface area contributed by atoms with Crippen molar-refractivity contribution in [3.05, 3.63) is 101 Å². The van der Waals surface area contributed by atoms with E-state index in [2.05, 4.69) is 32.8 Å². The van der Waals surface area contributed by atoms with Crippen LogP contribution in [0.4, 0.5) is 0 Å². The highest BCUT2D eigenvalue weighted by atomic mass is 32.1. The minimum absolute atomic E-state index is 0.00917. The Morgan fingerprint density at radius 3 is 2.59 bits per heavy atom. The third-order valence-corrected chi connectivity index (χ3v) is 5.89. The number of nitrogens with one attached hydrogen (secondary N) is 1. The van der Waals surface area contributed by atoms with Crippen molar-refractivity contribution in [1.29, 1.82) is 0 Å². The Bertz CT molecular complexity index is 1130. The Kier molecular flexibility index (Phi) is 7.60. The topological polar surface area (TPSA) is 64.1 Å². The first kappa shape index (κ1) is 21.7. The highest BCUT2D eigenvalue weighted by molar-refractivity contribution is 7.09. The zero-order valence-corrected chi connectivity index (χ0v) is 18.6. The number of aryl methyl sites for hydroxylation is 1. The van der Waals surface area contributed by atoms with E-state index in [9.17, 15) is 4.79 Å². The van der Waals surface area contributed by atoms with Crippen molar-refractivity contribution in [2.24, 2.45) is 0 Å². The maximum absolute atomic E-state index is 12.2. The number of aromatic nitrogens is 2. The zero-order chi connectivity index (χ0) is 22.0. The maximum Gasteiger partial charge on any atom is 0.257 e. The SMILES string of the molecule is O=C(COc1ccccc1Cc1ccccc1)NCCCc1nc(-c2ccncc2)cs1. The molecule has 0 saturated carbocycles. The van der Waals surface area contributed by atoms with Crippen LogP contribution >= 0.6 is 11.3 Å². The summed E-state index contributed by atoms with van der Waals surface area (Å²) in [4.78, 5) is 20.9. The van der Waals surface area contributed by atoms with Gasteiger partial charge in [-0.3, -0.25) is 9.78 Å². The minimum atomic E-state index is -0.115. The summed E-state index contributed by atoms with van der Waals surface area (Å²) in [7, 11) is 0. The molecular weight excluding hydrogens is 418 g/mol. The predicted octanol–water partition coefficient (Wildman–Crippen LogP) is 4.92. The molecule has 2 heterocycles. The van der Waals surface area contributed by atoms with Crippen LogP contribution in [-0.4, -0.2) is 29.0 Å². The summed E-state index contributed by atoms with van der Waals surface area (Å²) in [5.41, 5.74) is 4.32. The summed E-state index contributed by atoms with van der Waals surface area (Å²) >= 11 is 1.64. The largest absolute Gasteiger partial charge is 0.483 e. The fourth-order valence-electron chi connectivity index (χ4n) is 3.35. The molecule has 1 amide bonds. The van der Waals surface area contributed by atoms with E-state index < -0.39 is 0 Å². The Hall–Kier alpha value is -3.51. The smallest absolute Gasteiger partial charge is 0.257 e. The summed E-state index contributed by atoms with van der Waals surface area (Å²) in [6, 6.07) is 22.0. The molecule has 0 aliphatic carbocycles. The number of rotatable bonds is 10. The second-order valence-corrected chi connectivity index (χ2v) is 8.32. The van der Waals surface area contributed by atoms with E-state index >= 15 is 0 Å². The summed E-state index contributed by atoms with van der Waals surface area (Å²) in [6.45, 7) is 0.604. The van der Waals surface area contributed by atoms with Crippen LogP contribution in [0, 0.1) is 0 Å². The number of nitrogens with zero attached hydrogens (tertiary/aromatic N) is 2. The van der Waals surface area contributed by atoms with Gasteiger partial charge >= 0.3 is 0 Å². The summed E-state index contributed by atoms with van der Waals surface area (Å²) in [6.07, 6.45) is 5.97. The van der Waals surface area contributed by atoms with Crippen molar-refractivity contribution in [2.75, 3.05) is 13.2 Å². The second-order valence-electron chi connectivity index (χ2n) is 7.37. The first-order valence-corrected chi connectivity index (χ1v) is 11.5. The van der Waals surface area contributed by atoms with Gasteiger partial charge in [-0.15, -0.1) is 11.3 Å². The Morgan fingerprint density at radius 1 is 0.969 bits per heavy atom. The molecular formula is C26H25N3O2S. The van der Waals surface area contributed by atoms with Crippen molar-refractivity contribution in [3.8, 4) is 17.0 Å². The molecule has 2 aromatic carbocycles. The van der Waals surface area contributed by atoms with Gasteiger partial charge in [-0.05, 0) is 35.7 Å². The lowest BCUT2D eigenvalue weighted by molar-refractivity contribution is -0.123. The predicted molar refractivity (Wildman–Crippen MR) is 128 cm³/mol. The van der Waals surface area contributed by atoms with E-state index in [-0.39, 0.29) is 12.5 Å². The average Bonchev–Trinajstić information content (AvgIpc) is 3.32. The molecule has 6 heteroatoms. The molecule has 1 N–H and O–H groups in total. The molecule has 0 spiro atoms. The third-order valence-electron chi connectivity index (χ3n) is 4.99. The van der Waals surface area contributed by atoms with Gasteiger partial charge in [-0.25, -0.2) is 4.98 Å². The number of benzene rings is 2. The first-order valence-electron chi connectivity index (χ1n) is 10.6. The van der Waals surface area contributed by atoms with Crippen LogP contribution in [0.15, 0.2) is 84.5 Å². The van der Waals surface area contributed by atoms with E-state index in [1.807, 2.05) is 54.6 Å². The molecule has 32 heavy (non-hydrogen) atoms. The van der Waals surface area contributed by atoms with Crippen molar-refractivity contribution in [2.45, 2.75) is 19.3 Å². The van der Waals surface area contributed by atoms with Crippen LogP contribution in [0.25, 0.3) is 11.3 Å². The van der Waals surface area contributed by atoms with Crippen LogP contribution in [0.2, 0.25) is 0 Å². The van der Waals surface area contributed by atoms with E-state index in [0.717, 1.165) is 46.8 Å². The van der Waals surface area contributed by atoms with Gasteiger partial charge in [0.05, 0.1) is 10.7 Å². The normalized spacial score (nSPS) is 10.6. The molecule has 4 aromatic rings. The van der Waals surface area contributed by atoms with Crippen molar-refractivity contribution < 1.29 is 9.53 Å². The van der Waals surface area contributed by atoms with Gasteiger partial charge in [0.25, 0.3) is 5.91 Å². The average molecular weight is 444 g/mol. The number of ether oxygens (including phenoxy) is 1. The summed E-state index contributed by atoms with van der Waals surface area (Å²) in [5.74, 6) is 0.633. The minimum Gasteiger partial charge on any atom is -0.483 e. The molecule has 0 radical (unpaired) electrons. The molecule has 162 valence electrons. The summed E-state index contributed by atoms with van der Waals surface area (Å²) < 4.78 is 5.81. The Balaban J connectivity index is 1.20. The van der Waals surface area contributed by atoms with Crippen LogP contribution in [-0.2, 0) is 17.6 Å². The number of pyridine rings is 1. The fraction of sp³-hybridized carbons (Fsp3) is 0.192. The molecule has 0 aliphatic heterocycles. The number of amides is 1. The molecule has 0 saturated heterocycles. The Morgan fingerprint density at radius 2 is 1.75 bits per heavy atom. The molecule has 0 atom stereocenters. The Labute approximate surface area is 192 Å². The van der Waals surface area contributed by atoms with Gasteiger partial charge in [-0.1, -0.05) is 48.5 Å². The fourth-order valence-corrected chi connectivity index (χ4v) is 4.20. The standard InChI is InChI=1S/C26H25N3O2S/c30-25(18-31-24-10-5-4-9-22(24)17-20-7-2-1-3-8-20)28-14-6-11-26-29-23(19-32-26)21-12-15-27-16-13-21/h1-5,7-10,12-13,15-16,19H,6,11,14,17-18H2,(H,28,30). The van der Waals surface area contributed by atoms with Gasteiger partial charge in [0.1, 0.15) is 5.75 Å². The molecule has 0 aliphatic rings. The second kappa shape index (κ2) is 11.2. The van der Waals surface area contributed by atoms with E-state index in [1.54, 1.807) is 23.7 Å².